The van der Waals surface area contributed by atoms with Crippen LogP contribution in [0.15, 0.2) is 67.3 Å². The van der Waals surface area contributed by atoms with Crippen LogP contribution < -0.4 is 10.5 Å². The molecule has 1 aromatic carbocycles. The second-order valence-electron chi connectivity index (χ2n) is 9.33. The van der Waals surface area contributed by atoms with Gasteiger partial charge in [0.2, 0.25) is 0 Å². The molecular weight excluding hydrogens is 483 g/mol. The van der Waals surface area contributed by atoms with E-state index in [9.17, 15) is 4.39 Å². The van der Waals surface area contributed by atoms with Gasteiger partial charge >= 0.3 is 0 Å². The van der Waals surface area contributed by atoms with Crippen molar-refractivity contribution in [2.24, 2.45) is 0 Å². The lowest BCUT2D eigenvalue weighted by Gasteiger charge is -2.12. The summed E-state index contributed by atoms with van der Waals surface area (Å²) >= 11 is 0. The zero-order chi connectivity index (χ0) is 26.2. The maximum Gasteiger partial charge on any atom is 0.127 e. The molecule has 0 saturated carbocycles. The SMILES string of the molecule is CN(C)CCOc1cc(F)cc(-c2nccc3[nH]c(-c4n[nH]c5cnc(-c6cncc(N)c6)cc45)cc23)c1. The molecule has 0 spiro atoms. The van der Waals surface area contributed by atoms with Gasteiger partial charge < -0.3 is 20.4 Å². The highest BCUT2D eigenvalue weighted by Gasteiger charge is 2.16. The number of likely N-dealkylation sites (N-methyl/N-ethyl adjacent to an activating group) is 1. The molecule has 0 amide bonds. The number of aromatic amines is 2. The third kappa shape index (κ3) is 4.53. The zero-order valence-electron chi connectivity index (χ0n) is 20.9. The number of anilines is 1. The van der Waals surface area contributed by atoms with Gasteiger partial charge in [0.05, 0.1) is 34.5 Å². The largest absolute Gasteiger partial charge is 0.492 e. The van der Waals surface area contributed by atoms with E-state index in [2.05, 4.69) is 30.1 Å². The summed E-state index contributed by atoms with van der Waals surface area (Å²) in [5.74, 6) is 0.0806. The van der Waals surface area contributed by atoms with Gasteiger partial charge in [-0.05, 0) is 50.5 Å². The minimum Gasteiger partial charge on any atom is -0.492 e. The number of benzene rings is 1. The Hall–Kier alpha value is -4.83. The summed E-state index contributed by atoms with van der Waals surface area (Å²) in [4.78, 5) is 18.7. The Labute approximate surface area is 217 Å². The second-order valence-corrected chi connectivity index (χ2v) is 9.33. The Bertz CT molecular complexity index is 1770. The molecule has 0 atom stereocenters. The van der Waals surface area contributed by atoms with Crippen LogP contribution in [0.5, 0.6) is 5.75 Å². The van der Waals surface area contributed by atoms with Gasteiger partial charge in [0.25, 0.3) is 0 Å². The van der Waals surface area contributed by atoms with Crippen LogP contribution in [0, 0.1) is 5.82 Å². The molecule has 0 unspecified atom stereocenters. The number of aromatic nitrogens is 6. The maximum atomic E-state index is 14.5. The van der Waals surface area contributed by atoms with Crippen LogP contribution in [0.2, 0.25) is 0 Å². The third-order valence-electron chi connectivity index (χ3n) is 6.26. The average Bonchev–Trinajstić information content (AvgIpc) is 3.51. The van der Waals surface area contributed by atoms with Crippen molar-refractivity contribution in [2.75, 3.05) is 33.0 Å². The average molecular weight is 509 g/mol. The van der Waals surface area contributed by atoms with E-state index in [1.54, 1.807) is 24.8 Å². The molecule has 190 valence electrons. The topological polar surface area (TPSA) is 122 Å². The first-order chi connectivity index (χ1) is 18.4. The number of nitrogens with zero attached hydrogens (tertiary/aromatic N) is 5. The monoisotopic (exact) mass is 508 g/mol. The van der Waals surface area contributed by atoms with E-state index in [0.717, 1.165) is 51.0 Å². The number of nitrogens with one attached hydrogen (secondary N) is 2. The van der Waals surface area contributed by atoms with Gasteiger partial charge in [0.15, 0.2) is 0 Å². The van der Waals surface area contributed by atoms with Gasteiger partial charge in [-0.2, -0.15) is 5.10 Å². The molecule has 0 fully saturated rings. The highest BCUT2D eigenvalue weighted by atomic mass is 19.1. The molecule has 6 rings (SSSR count). The van der Waals surface area contributed by atoms with Crippen molar-refractivity contribution in [2.45, 2.75) is 0 Å². The van der Waals surface area contributed by atoms with E-state index in [1.165, 1.54) is 12.1 Å². The Balaban J connectivity index is 1.40. The van der Waals surface area contributed by atoms with Crippen molar-refractivity contribution in [1.29, 1.82) is 0 Å². The molecule has 5 aromatic heterocycles. The van der Waals surface area contributed by atoms with Crippen molar-refractivity contribution in [3.8, 4) is 39.7 Å². The highest BCUT2D eigenvalue weighted by molar-refractivity contribution is 6.00. The number of rotatable bonds is 7. The van der Waals surface area contributed by atoms with E-state index in [-0.39, 0.29) is 5.82 Å². The van der Waals surface area contributed by atoms with Crippen LogP contribution in [0.1, 0.15) is 0 Å². The molecule has 0 aliphatic rings. The fourth-order valence-corrected chi connectivity index (χ4v) is 4.42. The summed E-state index contributed by atoms with van der Waals surface area (Å²) in [6, 6.07) is 12.3. The number of fused-ring (bicyclic) bond motifs is 2. The molecule has 4 N–H and O–H groups in total. The number of halogens is 1. The summed E-state index contributed by atoms with van der Waals surface area (Å²) in [5.41, 5.74) is 12.5. The molecule has 0 aliphatic heterocycles. The summed E-state index contributed by atoms with van der Waals surface area (Å²) in [5, 5.41) is 9.34. The van der Waals surface area contributed by atoms with Gasteiger partial charge in [-0.25, -0.2) is 4.39 Å². The van der Waals surface area contributed by atoms with Crippen LogP contribution in [0.3, 0.4) is 0 Å². The minimum atomic E-state index is -0.383. The van der Waals surface area contributed by atoms with Gasteiger partial charge in [-0.15, -0.1) is 0 Å². The number of pyridine rings is 3. The third-order valence-corrected chi connectivity index (χ3v) is 6.26. The smallest absolute Gasteiger partial charge is 0.127 e. The first-order valence-corrected chi connectivity index (χ1v) is 12.1. The molecule has 0 radical (unpaired) electrons. The summed E-state index contributed by atoms with van der Waals surface area (Å²) < 4.78 is 20.3. The number of H-pyrrole nitrogens is 2. The van der Waals surface area contributed by atoms with Gasteiger partial charge in [0, 0.05) is 58.6 Å². The van der Waals surface area contributed by atoms with E-state index in [0.29, 0.717) is 29.3 Å². The van der Waals surface area contributed by atoms with Crippen LogP contribution in [-0.4, -0.2) is 62.3 Å². The lowest BCUT2D eigenvalue weighted by Crippen LogP contribution is -2.19. The number of ether oxygens (including phenoxy) is 1. The van der Waals surface area contributed by atoms with Crippen LogP contribution >= 0.6 is 0 Å². The molecule has 0 bridgehead atoms. The number of nitrogens with two attached hydrogens (primary N) is 1. The van der Waals surface area contributed by atoms with Crippen molar-refractivity contribution in [3.05, 3.63) is 73.1 Å². The number of nitrogen functional groups attached to an aromatic ring is 1. The lowest BCUT2D eigenvalue weighted by molar-refractivity contribution is 0.260. The summed E-state index contributed by atoms with van der Waals surface area (Å²) in [6.45, 7) is 1.18. The molecule has 6 aromatic rings. The molecular formula is C28H25FN8O. The van der Waals surface area contributed by atoms with Crippen LogP contribution in [0.25, 0.3) is 55.7 Å². The molecule has 0 aliphatic carbocycles. The Morgan fingerprint density at radius 3 is 2.63 bits per heavy atom. The normalized spacial score (nSPS) is 11.6. The molecule has 9 nitrogen and oxygen atoms in total. The lowest BCUT2D eigenvalue weighted by atomic mass is 10.1. The van der Waals surface area contributed by atoms with Crippen LogP contribution in [0.4, 0.5) is 10.1 Å². The van der Waals surface area contributed by atoms with Crippen molar-refractivity contribution in [1.82, 2.24) is 35.0 Å². The van der Waals surface area contributed by atoms with Gasteiger partial charge in [-0.1, -0.05) is 0 Å². The van der Waals surface area contributed by atoms with Crippen molar-refractivity contribution >= 4 is 27.5 Å². The van der Waals surface area contributed by atoms with E-state index in [4.69, 9.17) is 10.5 Å². The fraction of sp³-hybridized carbons (Fsp3) is 0.143. The first kappa shape index (κ1) is 23.6. The van der Waals surface area contributed by atoms with Crippen molar-refractivity contribution in [3.63, 3.8) is 0 Å². The van der Waals surface area contributed by atoms with Crippen molar-refractivity contribution < 1.29 is 9.13 Å². The van der Waals surface area contributed by atoms with Gasteiger partial charge in [-0.3, -0.25) is 20.1 Å². The van der Waals surface area contributed by atoms with Crippen LogP contribution in [-0.2, 0) is 0 Å². The number of hydrogen-bond donors (Lipinski definition) is 3. The quantitative estimate of drug-likeness (QED) is 0.281. The highest BCUT2D eigenvalue weighted by Crippen LogP contribution is 2.35. The molecule has 5 heterocycles. The summed E-state index contributed by atoms with van der Waals surface area (Å²) in [6.07, 6.45) is 6.76. The summed E-state index contributed by atoms with van der Waals surface area (Å²) in [7, 11) is 3.92. The fourth-order valence-electron chi connectivity index (χ4n) is 4.42. The second kappa shape index (κ2) is 9.56. The molecule has 10 heteroatoms. The molecule has 38 heavy (non-hydrogen) atoms. The first-order valence-electron chi connectivity index (χ1n) is 12.1. The Morgan fingerprint density at radius 1 is 0.921 bits per heavy atom. The predicted octanol–water partition coefficient (Wildman–Crippen LogP) is 4.89. The molecule has 0 saturated heterocycles. The Morgan fingerprint density at radius 2 is 1.79 bits per heavy atom. The standard InChI is InChI=1S/C28H25FN8O/c1-37(2)5-6-38-20-9-16(7-18(29)10-20)27-21-12-25(34-23(21)3-4-32-27)28-22-11-24(33-15-26(22)35-36-28)17-8-19(30)14-31-13-17/h3-4,7-15,34H,5-6,30H2,1-2H3,(H,35,36). The van der Waals surface area contributed by atoms with Gasteiger partial charge in [0.1, 0.15) is 23.9 Å². The Kier molecular flexibility index (Phi) is 5.93. The minimum absolute atomic E-state index is 0.383. The predicted molar refractivity (Wildman–Crippen MR) is 146 cm³/mol. The van der Waals surface area contributed by atoms with E-state index < -0.39 is 0 Å². The number of hydrogen-bond acceptors (Lipinski definition) is 7. The maximum absolute atomic E-state index is 14.5. The van der Waals surface area contributed by atoms with E-state index >= 15 is 0 Å². The zero-order valence-corrected chi connectivity index (χ0v) is 20.9. The van der Waals surface area contributed by atoms with E-state index in [1.807, 2.05) is 49.3 Å².